The SMILES string of the molecule is CC1=C/C(=N/OC(=O)c2ccc([N+](=O)[O-])cc2[N+](=O)[O-])[C@@H]2[C@H](C1=O)[C@H]1C=C[C@@H]2CC1. The quantitative estimate of drug-likeness (QED) is 0.320. The van der Waals surface area contributed by atoms with Gasteiger partial charge >= 0.3 is 5.97 Å². The minimum absolute atomic E-state index is 0.0651. The summed E-state index contributed by atoms with van der Waals surface area (Å²) in [5.74, 6) is -1.25. The van der Waals surface area contributed by atoms with E-state index in [1.165, 1.54) is 0 Å². The lowest BCUT2D eigenvalue weighted by Gasteiger charge is -2.45. The van der Waals surface area contributed by atoms with E-state index < -0.39 is 32.8 Å². The molecule has 1 aromatic carbocycles. The highest BCUT2D eigenvalue weighted by molar-refractivity contribution is 6.13. The molecular weight excluding hydrogens is 394 g/mol. The highest BCUT2D eigenvalue weighted by Gasteiger charge is 2.48. The zero-order valence-corrected chi connectivity index (χ0v) is 15.9. The summed E-state index contributed by atoms with van der Waals surface area (Å²) in [7, 11) is 0. The van der Waals surface area contributed by atoms with Crippen LogP contribution < -0.4 is 0 Å². The first-order valence-corrected chi connectivity index (χ1v) is 9.41. The fraction of sp³-hybridized carbons (Fsp3) is 0.350. The molecule has 10 heteroatoms. The van der Waals surface area contributed by atoms with Crippen molar-refractivity contribution in [1.29, 1.82) is 0 Å². The molecule has 0 spiro atoms. The third-order valence-electron chi connectivity index (χ3n) is 5.99. The minimum atomic E-state index is -1.10. The number of hydrogen-bond acceptors (Lipinski definition) is 8. The predicted octanol–water partition coefficient (Wildman–Crippen LogP) is 3.37. The Morgan fingerprint density at radius 3 is 2.37 bits per heavy atom. The number of carbonyl (C=O) groups excluding carboxylic acids is 2. The van der Waals surface area contributed by atoms with Gasteiger partial charge in [0.1, 0.15) is 5.56 Å². The van der Waals surface area contributed by atoms with Gasteiger partial charge in [-0.25, -0.2) is 4.79 Å². The molecular formula is C20H17N3O7. The molecule has 0 unspecified atom stereocenters. The Morgan fingerprint density at radius 1 is 1.10 bits per heavy atom. The van der Waals surface area contributed by atoms with E-state index in [1.807, 2.05) is 0 Å². The molecule has 0 saturated heterocycles. The first-order valence-electron chi connectivity index (χ1n) is 9.41. The normalized spacial score (nSPS) is 28.1. The topological polar surface area (TPSA) is 142 Å². The van der Waals surface area contributed by atoms with Crippen molar-refractivity contribution in [2.75, 3.05) is 0 Å². The van der Waals surface area contributed by atoms with Crippen LogP contribution in [0.1, 0.15) is 30.1 Å². The Balaban J connectivity index is 1.64. The Morgan fingerprint density at radius 2 is 1.77 bits per heavy atom. The average Bonchev–Trinajstić information content (AvgIpc) is 2.74. The second-order valence-electron chi connectivity index (χ2n) is 7.64. The number of benzene rings is 1. The molecule has 4 aliphatic rings. The lowest BCUT2D eigenvalue weighted by Crippen LogP contribution is -2.47. The predicted molar refractivity (Wildman–Crippen MR) is 104 cm³/mol. The summed E-state index contributed by atoms with van der Waals surface area (Å²) in [6.45, 7) is 1.68. The molecule has 0 aromatic heterocycles. The van der Waals surface area contributed by atoms with Crippen LogP contribution in [0.5, 0.6) is 0 Å². The van der Waals surface area contributed by atoms with Gasteiger partial charge in [0.15, 0.2) is 5.78 Å². The molecule has 4 atom stereocenters. The first-order chi connectivity index (χ1) is 14.3. The maximum atomic E-state index is 12.7. The van der Waals surface area contributed by atoms with Gasteiger partial charge in [-0.15, -0.1) is 0 Å². The molecule has 1 fully saturated rings. The summed E-state index contributed by atoms with van der Waals surface area (Å²) >= 11 is 0. The molecule has 1 saturated carbocycles. The first kappa shape index (κ1) is 19.6. The summed E-state index contributed by atoms with van der Waals surface area (Å²) in [5, 5.41) is 26.0. The fourth-order valence-electron chi connectivity index (χ4n) is 4.59. The second kappa shape index (κ2) is 7.29. The fourth-order valence-corrected chi connectivity index (χ4v) is 4.59. The lowest BCUT2D eigenvalue weighted by atomic mass is 9.57. The summed E-state index contributed by atoms with van der Waals surface area (Å²) in [6, 6.07) is 2.66. The van der Waals surface area contributed by atoms with Gasteiger partial charge in [-0.1, -0.05) is 17.3 Å². The summed E-state index contributed by atoms with van der Waals surface area (Å²) < 4.78 is 0. The van der Waals surface area contributed by atoms with Crippen molar-refractivity contribution >= 4 is 28.8 Å². The van der Waals surface area contributed by atoms with Crippen molar-refractivity contribution < 1.29 is 24.3 Å². The highest BCUT2D eigenvalue weighted by atomic mass is 16.7. The van der Waals surface area contributed by atoms with Crippen molar-refractivity contribution in [2.45, 2.75) is 19.8 Å². The van der Waals surface area contributed by atoms with Crippen LogP contribution in [-0.4, -0.2) is 27.3 Å². The monoisotopic (exact) mass is 411 g/mol. The van der Waals surface area contributed by atoms with Gasteiger partial charge in [0.25, 0.3) is 11.4 Å². The van der Waals surface area contributed by atoms with E-state index in [-0.39, 0.29) is 29.5 Å². The number of non-ortho nitro benzene ring substituents is 1. The number of ketones is 1. The number of allylic oxidation sites excluding steroid dienone is 4. The van der Waals surface area contributed by atoms with Crippen LogP contribution in [0.4, 0.5) is 11.4 Å². The lowest BCUT2D eigenvalue weighted by molar-refractivity contribution is -0.394. The number of Topliss-reactive ketones (excluding diaryl/α,β-unsaturated/α-hetero) is 1. The Bertz CT molecular complexity index is 1070. The van der Waals surface area contributed by atoms with Gasteiger partial charge in [0, 0.05) is 17.9 Å². The smallest absolute Gasteiger partial charge is 0.312 e. The average molecular weight is 411 g/mol. The Labute approximate surface area is 170 Å². The number of hydrogen-bond donors (Lipinski definition) is 0. The van der Waals surface area contributed by atoms with Crippen LogP contribution in [0, 0.1) is 43.9 Å². The molecule has 0 N–H and O–H groups in total. The highest BCUT2D eigenvalue weighted by Crippen LogP contribution is 2.48. The molecule has 30 heavy (non-hydrogen) atoms. The molecule has 0 radical (unpaired) electrons. The number of nitro benzene ring substituents is 2. The third kappa shape index (κ3) is 3.19. The van der Waals surface area contributed by atoms with Crippen molar-refractivity contribution in [1.82, 2.24) is 0 Å². The maximum absolute atomic E-state index is 12.7. The van der Waals surface area contributed by atoms with Crippen molar-refractivity contribution in [3.8, 4) is 0 Å². The van der Waals surface area contributed by atoms with Gasteiger partial charge in [0.05, 0.1) is 21.6 Å². The van der Waals surface area contributed by atoms with E-state index in [0.717, 1.165) is 25.0 Å². The van der Waals surface area contributed by atoms with E-state index in [9.17, 15) is 29.8 Å². The van der Waals surface area contributed by atoms with Crippen LogP contribution in [0.3, 0.4) is 0 Å². The van der Waals surface area contributed by atoms with Crippen LogP contribution in [-0.2, 0) is 9.63 Å². The number of carbonyl (C=O) groups is 2. The summed E-state index contributed by atoms with van der Waals surface area (Å²) in [4.78, 5) is 50.5. The van der Waals surface area contributed by atoms with Crippen LogP contribution >= 0.6 is 0 Å². The number of nitro groups is 2. The van der Waals surface area contributed by atoms with E-state index in [2.05, 4.69) is 17.3 Å². The zero-order valence-electron chi connectivity index (χ0n) is 15.9. The maximum Gasteiger partial charge on any atom is 0.372 e. The Hall–Kier alpha value is -3.69. The van der Waals surface area contributed by atoms with E-state index in [1.54, 1.807) is 13.0 Å². The molecule has 0 aliphatic heterocycles. The van der Waals surface area contributed by atoms with E-state index in [0.29, 0.717) is 17.4 Å². The molecule has 10 nitrogen and oxygen atoms in total. The van der Waals surface area contributed by atoms with Crippen LogP contribution in [0.15, 0.2) is 47.2 Å². The summed E-state index contributed by atoms with van der Waals surface area (Å²) in [5.41, 5.74) is -0.717. The standard InChI is InChI=1S/C20H17N3O7/c1-10-8-15(17-11-2-4-12(5-3-11)18(17)19(10)24)21-30-20(25)14-7-6-13(22(26)27)9-16(14)23(28)29/h2,4,6-9,11-12,17-18H,3,5H2,1H3/b21-15-/t11-,12+,17-,18-/m1/s1. The molecule has 0 amide bonds. The minimum Gasteiger partial charge on any atom is -0.312 e. The van der Waals surface area contributed by atoms with Gasteiger partial charge < -0.3 is 4.84 Å². The molecule has 0 heterocycles. The third-order valence-corrected chi connectivity index (χ3v) is 5.99. The van der Waals surface area contributed by atoms with E-state index in [4.69, 9.17) is 4.84 Å². The zero-order chi connectivity index (χ0) is 21.6. The molecule has 5 rings (SSSR count). The van der Waals surface area contributed by atoms with E-state index >= 15 is 0 Å². The van der Waals surface area contributed by atoms with Crippen molar-refractivity contribution in [3.05, 3.63) is 67.8 Å². The van der Waals surface area contributed by atoms with Crippen molar-refractivity contribution in [3.63, 3.8) is 0 Å². The molecule has 4 aliphatic carbocycles. The molecule has 2 bridgehead atoms. The van der Waals surface area contributed by atoms with Gasteiger partial charge in [-0.3, -0.25) is 25.0 Å². The second-order valence-corrected chi connectivity index (χ2v) is 7.64. The van der Waals surface area contributed by atoms with Gasteiger partial charge in [-0.2, -0.15) is 0 Å². The van der Waals surface area contributed by atoms with Gasteiger partial charge in [-0.05, 0) is 49.3 Å². The number of rotatable bonds is 4. The summed E-state index contributed by atoms with van der Waals surface area (Å²) in [6.07, 6.45) is 7.55. The van der Waals surface area contributed by atoms with Crippen LogP contribution in [0.25, 0.3) is 0 Å². The molecule has 1 aromatic rings. The Kier molecular flexibility index (Phi) is 4.76. The number of fused-ring (bicyclic) bond motifs is 1. The van der Waals surface area contributed by atoms with Crippen LogP contribution in [0.2, 0.25) is 0 Å². The van der Waals surface area contributed by atoms with Gasteiger partial charge in [0.2, 0.25) is 0 Å². The van der Waals surface area contributed by atoms with Crippen molar-refractivity contribution in [2.24, 2.45) is 28.8 Å². The number of oxime groups is 1. The largest absolute Gasteiger partial charge is 0.372 e. The number of nitrogens with zero attached hydrogens (tertiary/aromatic N) is 3. The molecule has 154 valence electrons.